The fourth-order valence-electron chi connectivity index (χ4n) is 2.95. The van der Waals surface area contributed by atoms with Crippen molar-refractivity contribution < 1.29 is 14.5 Å². The van der Waals surface area contributed by atoms with E-state index in [1.807, 2.05) is 11.8 Å². The molecular formula is C15H24N6O4. The average Bonchev–Trinajstić information content (AvgIpc) is 2.82. The molecule has 2 amide bonds. The fourth-order valence-corrected chi connectivity index (χ4v) is 2.95. The fraction of sp³-hybridized carbons (Fsp3) is 0.667. The van der Waals surface area contributed by atoms with Gasteiger partial charge in [-0.3, -0.25) is 29.3 Å². The number of hydrogen-bond donors (Lipinski definition) is 1. The van der Waals surface area contributed by atoms with Crippen LogP contribution >= 0.6 is 0 Å². The van der Waals surface area contributed by atoms with E-state index in [9.17, 15) is 19.7 Å². The van der Waals surface area contributed by atoms with Crippen LogP contribution in [0, 0.1) is 24.0 Å². The van der Waals surface area contributed by atoms with Gasteiger partial charge in [0.15, 0.2) is 0 Å². The van der Waals surface area contributed by atoms with Gasteiger partial charge >= 0.3 is 5.69 Å². The predicted molar refractivity (Wildman–Crippen MR) is 90.1 cm³/mol. The number of rotatable bonds is 6. The summed E-state index contributed by atoms with van der Waals surface area (Å²) >= 11 is 0. The van der Waals surface area contributed by atoms with Crippen molar-refractivity contribution in [2.75, 3.05) is 39.3 Å². The molecule has 1 aliphatic heterocycles. The quantitative estimate of drug-likeness (QED) is 0.555. The molecule has 1 aromatic heterocycles. The molecule has 0 bridgehead atoms. The first kappa shape index (κ1) is 18.8. The molecule has 2 heterocycles. The Labute approximate surface area is 145 Å². The van der Waals surface area contributed by atoms with E-state index in [1.165, 1.54) is 4.68 Å². The van der Waals surface area contributed by atoms with E-state index in [1.54, 1.807) is 18.7 Å². The van der Waals surface area contributed by atoms with Crippen molar-refractivity contribution in [3.8, 4) is 0 Å². The van der Waals surface area contributed by atoms with E-state index in [0.717, 1.165) is 0 Å². The van der Waals surface area contributed by atoms with Gasteiger partial charge in [-0.25, -0.2) is 0 Å². The summed E-state index contributed by atoms with van der Waals surface area (Å²) in [5.41, 5.74) is 0.646. The van der Waals surface area contributed by atoms with Crippen LogP contribution in [0.2, 0.25) is 0 Å². The first-order chi connectivity index (χ1) is 11.8. The molecule has 0 saturated carbocycles. The summed E-state index contributed by atoms with van der Waals surface area (Å²) in [6.45, 7) is 8.25. The van der Waals surface area contributed by atoms with Crippen LogP contribution < -0.4 is 5.32 Å². The first-order valence-corrected chi connectivity index (χ1v) is 8.28. The lowest BCUT2D eigenvalue weighted by Gasteiger charge is -2.34. The Hall–Kier alpha value is -2.49. The van der Waals surface area contributed by atoms with Crippen molar-refractivity contribution in [2.24, 2.45) is 0 Å². The maximum absolute atomic E-state index is 12.4. The van der Waals surface area contributed by atoms with Gasteiger partial charge in [0.2, 0.25) is 11.8 Å². The van der Waals surface area contributed by atoms with Gasteiger partial charge in [-0.15, -0.1) is 0 Å². The number of amides is 2. The van der Waals surface area contributed by atoms with Crippen LogP contribution in [0.4, 0.5) is 5.69 Å². The van der Waals surface area contributed by atoms with Crippen LogP contribution in [0.15, 0.2) is 0 Å². The summed E-state index contributed by atoms with van der Waals surface area (Å²) in [6.07, 6.45) is 0. The van der Waals surface area contributed by atoms with Gasteiger partial charge < -0.3 is 10.2 Å². The summed E-state index contributed by atoms with van der Waals surface area (Å²) in [7, 11) is 0. The zero-order valence-corrected chi connectivity index (χ0v) is 14.8. The number of aryl methyl sites for hydroxylation is 1. The van der Waals surface area contributed by atoms with E-state index >= 15 is 0 Å². The SMILES string of the molecule is CCNC(=O)CN1CCN(C(=O)Cn2nc(C)c([N+](=O)[O-])c2C)CC1. The Morgan fingerprint density at radius 3 is 2.36 bits per heavy atom. The largest absolute Gasteiger partial charge is 0.355 e. The number of hydrogen-bond acceptors (Lipinski definition) is 6. The molecule has 1 aromatic rings. The Morgan fingerprint density at radius 1 is 1.20 bits per heavy atom. The van der Waals surface area contributed by atoms with Gasteiger partial charge in [-0.2, -0.15) is 5.10 Å². The molecule has 10 heteroatoms. The molecule has 1 fully saturated rings. The monoisotopic (exact) mass is 352 g/mol. The molecular weight excluding hydrogens is 328 g/mol. The number of aromatic nitrogens is 2. The van der Waals surface area contributed by atoms with Crippen molar-refractivity contribution in [1.29, 1.82) is 0 Å². The minimum Gasteiger partial charge on any atom is -0.355 e. The van der Waals surface area contributed by atoms with Crippen LogP contribution in [0.25, 0.3) is 0 Å². The molecule has 0 aliphatic carbocycles. The molecule has 10 nitrogen and oxygen atoms in total. The molecule has 1 saturated heterocycles. The number of carbonyl (C=O) groups is 2. The molecule has 0 aromatic carbocycles. The van der Waals surface area contributed by atoms with Crippen molar-refractivity contribution in [3.63, 3.8) is 0 Å². The number of nitro groups is 1. The van der Waals surface area contributed by atoms with Gasteiger partial charge in [0.1, 0.15) is 17.9 Å². The van der Waals surface area contributed by atoms with Gasteiger partial charge in [-0.05, 0) is 20.8 Å². The first-order valence-electron chi connectivity index (χ1n) is 8.28. The maximum Gasteiger partial charge on any atom is 0.312 e. The lowest BCUT2D eigenvalue weighted by atomic mass is 10.3. The Bertz CT molecular complexity index is 663. The lowest BCUT2D eigenvalue weighted by molar-refractivity contribution is -0.386. The topological polar surface area (TPSA) is 114 Å². The van der Waals surface area contributed by atoms with Crippen molar-refractivity contribution in [1.82, 2.24) is 24.9 Å². The average molecular weight is 352 g/mol. The Morgan fingerprint density at radius 2 is 1.84 bits per heavy atom. The van der Waals surface area contributed by atoms with Crippen LogP contribution in [0.3, 0.4) is 0 Å². The smallest absolute Gasteiger partial charge is 0.312 e. The standard InChI is InChI=1S/C15H24N6O4/c1-4-16-13(22)9-18-5-7-19(8-6-18)14(23)10-20-12(3)15(21(24)25)11(2)17-20/h4-10H2,1-3H3,(H,16,22). The molecule has 0 radical (unpaired) electrons. The maximum atomic E-state index is 12.4. The van der Waals surface area contributed by atoms with Crippen LogP contribution in [0.1, 0.15) is 18.3 Å². The van der Waals surface area contributed by atoms with E-state index in [4.69, 9.17) is 0 Å². The third-order valence-corrected chi connectivity index (χ3v) is 4.28. The second-order valence-electron chi connectivity index (χ2n) is 6.04. The molecule has 1 aliphatic rings. The van der Waals surface area contributed by atoms with E-state index in [-0.39, 0.29) is 24.0 Å². The Kier molecular flexibility index (Phi) is 6.07. The van der Waals surface area contributed by atoms with Gasteiger partial charge in [-0.1, -0.05) is 0 Å². The zero-order chi connectivity index (χ0) is 18.6. The van der Waals surface area contributed by atoms with Crippen molar-refractivity contribution >= 4 is 17.5 Å². The van der Waals surface area contributed by atoms with Crippen LogP contribution in [-0.2, 0) is 16.1 Å². The molecule has 25 heavy (non-hydrogen) atoms. The molecule has 0 unspecified atom stereocenters. The predicted octanol–water partition coefficient (Wildman–Crippen LogP) is -0.312. The Balaban J connectivity index is 1.90. The van der Waals surface area contributed by atoms with E-state index < -0.39 is 4.92 Å². The van der Waals surface area contributed by atoms with E-state index in [0.29, 0.717) is 50.7 Å². The summed E-state index contributed by atoms with van der Waals surface area (Å²) < 4.78 is 1.39. The zero-order valence-electron chi connectivity index (χ0n) is 14.8. The third kappa shape index (κ3) is 4.53. The van der Waals surface area contributed by atoms with Gasteiger partial charge in [0.25, 0.3) is 0 Å². The van der Waals surface area contributed by atoms with Crippen LogP contribution in [0.5, 0.6) is 0 Å². The molecule has 138 valence electrons. The summed E-state index contributed by atoms with van der Waals surface area (Å²) in [5.74, 6) is -0.143. The summed E-state index contributed by atoms with van der Waals surface area (Å²) in [5, 5.41) is 17.9. The normalized spacial score (nSPS) is 15.2. The highest BCUT2D eigenvalue weighted by molar-refractivity contribution is 5.78. The number of nitrogens with zero attached hydrogens (tertiary/aromatic N) is 5. The second-order valence-corrected chi connectivity index (χ2v) is 6.04. The number of likely N-dealkylation sites (N-methyl/N-ethyl adjacent to an activating group) is 1. The van der Waals surface area contributed by atoms with E-state index in [2.05, 4.69) is 10.4 Å². The van der Waals surface area contributed by atoms with Crippen LogP contribution in [-0.4, -0.2) is 75.6 Å². The number of nitrogens with one attached hydrogen (secondary N) is 1. The van der Waals surface area contributed by atoms with Gasteiger partial charge in [0, 0.05) is 32.7 Å². The van der Waals surface area contributed by atoms with Crippen molar-refractivity contribution in [3.05, 3.63) is 21.5 Å². The highest BCUT2D eigenvalue weighted by Gasteiger charge is 2.26. The minimum atomic E-state index is -0.473. The third-order valence-electron chi connectivity index (χ3n) is 4.28. The highest BCUT2D eigenvalue weighted by atomic mass is 16.6. The second kappa shape index (κ2) is 8.06. The molecule has 1 N–H and O–H groups in total. The molecule has 2 rings (SSSR count). The lowest BCUT2D eigenvalue weighted by Crippen LogP contribution is -2.51. The molecule has 0 spiro atoms. The summed E-state index contributed by atoms with van der Waals surface area (Å²) in [6, 6.07) is 0. The highest BCUT2D eigenvalue weighted by Crippen LogP contribution is 2.21. The molecule has 0 atom stereocenters. The number of piperazine rings is 1. The summed E-state index contributed by atoms with van der Waals surface area (Å²) in [4.78, 5) is 38.3. The van der Waals surface area contributed by atoms with Gasteiger partial charge in [0.05, 0.1) is 11.5 Å². The number of carbonyl (C=O) groups excluding carboxylic acids is 2. The minimum absolute atomic E-state index is 0.0165. The van der Waals surface area contributed by atoms with Crippen molar-refractivity contribution in [2.45, 2.75) is 27.3 Å².